The van der Waals surface area contributed by atoms with Gasteiger partial charge in [-0.15, -0.1) is 0 Å². The molecule has 3 rings (SSSR count). The van der Waals surface area contributed by atoms with Crippen molar-refractivity contribution in [2.75, 3.05) is 6.54 Å². The minimum atomic E-state index is -4.39. The summed E-state index contributed by atoms with van der Waals surface area (Å²) in [7, 11) is 0. The van der Waals surface area contributed by atoms with Gasteiger partial charge in [0, 0.05) is 24.6 Å². The second kappa shape index (κ2) is 8.73. The second-order valence-electron chi connectivity index (χ2n) is 7.87. The quantitative estimate of drug-likeness (QED) is 0.596. The van der Waals surface area contributed by atoms with Crippen LogP contribution in [0.5, 0.6) is 0 Å². The van der Waals surface area contributed by atoms with E-state index < -0.39 is 17.2 Å². The van der Waals surface area contributed by atoms with Gasteiger partial charge < -0.3 is 5.32 Å². The molecule has 0 aliphatic heterocycles. The Bertz CT molecular complexity index is 994. The van der Waals surface area contributed by atoms with E-state index in [1.807, 2.05) is 50.4 Å². The third-order valence-corrected chi connectivity index (χ3v) is 5.00. The maximum Gasteiger partial charge on any atom is 0.416 e. The van der Waals surface area contributed by atoms with Gasteiger partial charge in [-0.3, -0.25) is 4.79 Å². The van der Waals surface area contributed by atoms with E-state index in [2.05, 4.69) is 10.4 Å². The molecule has 1 N–H and O–H groups in total. The van der Waals surface area contributed by atoms with Gasteiger partial charge >= 0.3 is 6.18 Å². The minimum Gasteiger partial charge on any atom is -0.355 e. The number of halogens is 3. The average molecular weight is 415 g/mol. The van der Waals surface area contributed by atoms with E-state index in [1.54, 1.807) is 16.9 Å². The van der Waals surface area contributed by atoms with Gasteiger partial charge in [0.2, 0.25) is 5.91 Å². The molecule has 0 bridgehead atoms. The Hall–Kier alpha value is -3.09. The van der Waals surface area contributed by atoms with E-state index in [0.29, 0.717) is 12.0 Å². The number of carbonyl (C=O) groups is 1. The third kappa shape index (κ3) is 5.49. The summed E-state index contributed by atoms with van der Waals surface area (Å²) < 4.78 is 40.6. The highest BCUT2D eigenvalue weighted by Crippen LogP contribution is 2.32. The molecule has 0 atom stereocenters. The fourth-order valence-electron chi connectivity index (χ4n) is 3.10. The Morgan fingerprint density at radius 2 is 1.73 bits per heavy atom. The smallest absolute Gasteiger partial charge is 0.355 e. The zero-order valence-electron chi connectivity index (χ0n) is 16.9. The number of aryl methyl sites for hydroxylation is 1. The van der Waals surface area contributed by atoms with E-state index in [0.717, 1.165) is 23.4 Å². The fourth-order valence-corrected chi connectivity index (χ4v) is 3.10. The van der Waals surface area contributed by atoms with Crippen LogP contribution < -0.4 is 5.32 Å². The van der Waals surface area contributed by atoms with Crippen LogP contribution in [0.2, 0.25) is 0 Å². The first kappa shape index (κ1) is 21.6. The number of hydrogen-bond donors (Lipinski definition) is 1. The molecular formula is C23H24F3N3O. The zero-order valence-corrected chi connectivity index (χ0v) is 16.9. The lowest BCUT2D eigenvalue weighted by atomic mass is 9.83. The van der Waals surface area contributed by atoms with E-state index in [-0.39, 0.29) is 18.9 Å². The van der Waals surface area contributed by atoms with Crippen LogP contribution >= 0.6 is 0 Å². The van der Waals surface area contributed by atoms with Crippen molar-refractivity contribution in [3.05, 3.63) is 83.7 Å². The summed E-state index contributed by atoms with van der Waals surface area (Å²) >= 11 is 0. The van der Waals surface area contributed by atoms with Crippen LogP contribution in [0.3, 0.4) is 0 Å². The van der Waals surface area contributed by atoms with Gasteiger partial charge in [-0.05, 0) is 35.7 Å². The molecule has 3 aromatic rings. The number of rotatable bonds is 7. The SMILES string of the molecule is CC(C)(CNC(=O)CCc1cnn(-c2ccccc2)c1)c1cccc(C(F)(F)F)c1. The highest BCUT2D eigenvalue weighted by Gasteiger charge is 2.32. The number of benzene rings is 2. The Kier molecular flexibility index (Phi) is 6.29. The first-order valence-corrected chi connectivity index (χ1v) is 9.68. The van der Waals surface area contributed by atoms with Crippen molar-refractivity contribution in [3.8, 4) is 5.69 Å². The Labute approximate surface area is 173 Å². The van der Waals surface area contributed by atoms with Gasteiger partial charge in [0.05, 0.1) is 17.4 Å². The van der Waals surface area contributed by atoms with Crippen LogP contribution in [0.15, 0.2) is 67.0 Å². The number of alkyl halides is 3. The molecule has 0 aliphatic carbocycles. The molecule has 1 amide bonds. The molecule has 1 heterocycles. The maximum absolute atomic E-state index is 13.0. The summed E-state index contributed by atoms with van der Waals surface area (Å²) in [5, 5.41) is 7.15. The number of para-hydroxylation sites is 1. The molecule has 2 aromatic carbocycles. The van der Waals surface area contributed by atoms with E-state index in [1.165, 1.54) is 6.07 Å². The fraction of sp³-hybridized carbons (Fsp3) is 0.304. The lowest BCUT2D eigenvalue weighted by Crippen LogP contribution is -2.36. The van der Waals surface area contributed by atoms with Crippen LogP contribution in [0.4, 0.5) is 13.2 Å². The normalized spacial score (nSPS) is 12.0. The predicted molar refractivity (Wildman–Crippen MR) is 109 cm³/mol. The molecule has 30 heavy (non-hydrogen) atoms. The summed E-state index contributed by atoms with van der Waals surface area (Å²) in [5.41, 5.74) is 1.09. The van der Waals surface area contributed by atoms with Gasteiger partial charge in [0.1, 0.15) is 0 Å². The molecule has 0 aliphatic rings. The molecule has 0 fully saturated rings. The maximum atomic E-state index is 13.0. The lowest BCUT2D eigenvalue weighted by molar-refractivity contribution is -0.137. The number of aromatic nitrogens is 2. The van der Waals surface area contributed by atoms with Crippen LogP contribution in [0.25, 0.3) is 5.69 Å². The zero-order chi connectivity index (χ0) is 21.8. The van der Waals surface area contributed by atoms with Crippen molar-refractivity contribution in [1.82, 2.24) is 15.1 Å². The summed E-state index contributed by atoms with van der Waals surface area (Å²) in [6.07, 6.45) is 0.0311. The lowest BCUT2D eigenvalue weighted by Gasteiger charge is -2.26. The number of hydrogen-bond acceptors (Lipinski definition) is 2. The predicted octanol–water partition coefficient (Wildman–Crippen LogP) is 4.92. The van der Waals surface area contributed by atoms with Gasteiger partial charge in [0.25, 0.3) is 0 Å². The molecule has 0 radical (unpaired) electrons. The van der Waals surface area contributed by atoms with Gasteiger partial charge in [-0.25, -0.2) is 4.68 Å². The molecule has 0 saturated heterocycles. The number of nitrogens with zero attached hydrogens (tertiary/aromatic N) is 2. The summed E-state index contributed by atoms with van der Waals surface area (Å²) in [4.78, 5) is 12.3. The Balaban J connectivity index is 1.54. The minimum absolute atomic E-state index is 0.150. The largest absolute Gasteiger partial charge is 0.416 e. The number of carbonyl (C=O) groups excluding carboxylic acids is 1. The van der Waals surface area contributed by atoms with Gasteiger partial charge in [-0.2, -0.15) is 18.3 Å². The topological polar surface area (TPSA) is 46.9 Å². The summed E-state index contributed by atoms with van der Waals surface area (Å²) in [5.74, 6) is -0.150. The standard InChI is InChI=1S/C23H24F3N3O/c1-22(2,18-7-6-8-19(13-18)23(24,25)26)16-27-21(30)12-11-17-14-28-29(15-17)20-9-4-3-5-10-20/h3-10,13-15H,11-12,16H2,1-2H3,(H,27,30). The van der Waals surface area contributed by atoms with E-state index in [9.17, 15) is 18.0 Å². The van der Waals surface area contributed by atoms with Crippen molar-refractivity contribution in [2.24, 2.45) is 0 Å². The summed E-state index contributed by atoms with van der Waals surface area (Å²) in [6.45, 7) is 3.87. The van der Waals surface area contributed by atoms with Crippen LogP contribution in [-0.4, -0.2) is 22.2 Å². The van der Waals surface area contributed by atoms with Crippen molar-refractivity contribution in [1.29, 1.82) is 0 Å². The first-order chi connectivity index (χ1) is 14.1. The van der Waals surface area contributed by atoms with Crippen molar-refractivity contribution in [2.45, 2.75) is 38.3 Å². The second-order valence-corrected chi connectivity index (χ2v) is 7.87. The van der Waals surface area contributed by atoms with Crippen LogP contribution in [0, 0.1) is 0 Å². The molecular weight excluding hydrogens is 391 g/mol. The molecule has 1 aromatic heterocycles. The average Bonchev–Trinajstić information content (AvgIpc) is 3.20. The first-order valence-electron chi connectivity index (χ1n) is 9.68. The van der Waals surface area contributed by atoms with Gasteiger partial charge in [-0.1, -0.05) is 50.2 Å². The van der Waals surface area contributed by atoms with Crippen molar-refractivity contribution in [3.63, 3.8) is 0 Å². The Morgan fingerprint density at radius 3 is 2.43 bits per heavy atom. The van der Waals surface area contributed by atoms with Crippen molar-refractivity contribution < 1.29 is 18.0 Å². The number of amides is 1. The van der Waals surface area contributed by atoms with Crippen molar-refractivity contribution >= 4 is 5.91 Å². The molecule has 0 spiro atoms. The highest BCUT2D eigenvalue weighted by atomic mass is 19.4. The Morgan fingerprint density at radius 1 is 1.03 bits per heavy atom. The van der Waals surface area contributed by atoms with E-state index in [4.69, 9.17) is 0 Å². The summed E-state index contributed by atoms with van der Waals surface area (Å²) in [6, 6.07) is 14.9. The van der Waals surface area contributed by atoms with Crippen LogP contribution in [-0.2, 0) is 22.8 Å². The van der Waals surface area contributed by atoms with Gasteiger partial charge in [0.15, 0.2) is 0 Å². The molecule has 7 heteroatoms. The molecule has 0 saturated carbocycles. The molecule has 158 valence electrons. The van der Waals surface area contributed by atoms with E-state index >= 15 is 0 Å². The number of nitrogens with one attached hydrogen (secondary N) is 1. The monoisotopic (exact) mass is 415 g/mol. The third-order valence-electron chi connectivity index (χ3n) is 5.00. The molecule has 4 nitrogen and oxygen atoms in total. The van der Waals surface area contributed by atoms with Crippen LogP contribution in [0.1, 0.15) is 37.0 Å². The highest BCUT2D eigenvalue weighted by molar-refractivity contribution is 5.76. The molecule has 0 unspecified atom stereocenters.